The van der Waals surface area contributed by atoms with Crippen LogP contribution >= 0.6 is 0 Å². The summed E-state index contributed by atoms with van der Waals surface area (Å²) in [4.78, 5) is 58.4. The van der Waals surface area contributed by atoms with Gasteiger partial charge in [0.15, 0.2) is 0 Å². The van der Waals surface area contributed by atoms with E-state index in [9.17, 15) is 24.0 Å². The van der Waals surface area contributed by atoms with Gasteiger partial charge in [-0.25, -0.2) is 9.59 Å². The van der Waals surface area contributed by atoms with Crippen molar-refractivity contribution in [2.24, 2.45) is 0 Å². The number of benzene rings is 1. The molecular weight excluding hydrogens is 394 g/mol. The lowest BCUT2D eigenvalue weighted by Crippen LogP contribution is -2.49. The highest BCUT2D eigenvalue weighted by Gasteiger charge is 2.43. The van der Waals surface area contributed by atoms with Crippen LogP contribution in [0.15, 0.2) is 42.5 Å². The largest absolute Gasteiger partial charge is 0.478 e. The number of hydrogen-bond donors (Lipinski definition) is 3. The summed E-state index contributed by atoms with van der Waals surface area (Å²) in [6, 6.07) is 8.21. The highest BCUT2D eigenvalue weighted by molar-refractivity contribution is 6.08. The summed E-state index contributed by atoms with van der Waals surface area (Å²) in [5.41, 5.74) is 0.966. The molecule has 10 nitrogen and oxygen atoms in total. The number of carbonyl (C=O) groups is 5. The molecule has 30 heavy (non-hydrogen) atoms. The van der Waals surface area contributed by atoms with Crippen LogP contribution in [0, 0.1) is 0 Å². The second kappa shape index (κ2) is 11.5. The molecule has 1 aliphatic rings. The van der Waals surface area contributed by atoms with E-state index in [2.05, 4.69) is 5.32 Å². The van der Waals surface area contributed by atoms with E-state index in [1.165, 1.54) is 0 Å². The fourth-order valence-corrected chi connectivity index (χ4v) is 2.64. The van der Waals surface area contributed by atoms with Crippen LogP contribution in [0.25, 0.3) is 0 Å². The van der Waals surface area contributed by atoms with Gasteiger partial charge in [0.05, 0.1) is 12.5 Å². The SMILES string of the molecule is C[C@H](C(=O)NCc1ccccc1)N1C(=O)CC(N(C)C)C1=O.O=C(O)/C=C/C(=O)O. The third-order valence-electron chi connectivity index (χ3n) is 4.23. The van der Waals surface area contributed by atoms with E-state index in [1.54, 1.807) is 25.9 Å². The van der Waals surface area contributed by atoms with Crippen molar-refractivity contribution < 1.29 is 34.2 Å². The second-order valence-electron chi connectivity index (χ2n) is 6.67. The van der Waals surface area contributed by atoms with Crippen LogP contribution in [0.1, 0.15) is 18.9 Å². The van der Waals surface area contributed by atoms with Gasteiger partial charge in [0.1, 0.15) is 6.04 Å². The van der Waals surface area contributed by atoms with Gasteiger partial charge in [-0.2, -0.15) is 0 Å². The van der Waals surface area contributed by atoms with Crippen molar-refractivity contribution in [1.82, 2.24) is 15.1 Å². The number of rotatable bonds is 7. The molecule has 162 valence electrons. The lowest BCUT2D eigenvalue weighted by molar-refractivity contribution is -0.147. The number of carboxylic acid groups (broad SMARTS) is 2. The molecule has 0 saturated carbocycles. The van der Waals surface area contributed by atoms with E-state index in [4.69, 9.17) is 10.2 Å². The number of likely N-dealkylation sites (tertiary alicyclic amines) is 1. The molecule has 1 saturated heterocycles. The Balaban J connectivity index is 0.000000479. The van der Waals surface area contributed by atoms with Crippen LogP contribution < -0.4 is 5.32 Å². The second-order valence-corrected chi connectivity index (χ2v) is 6.67. The molecule has 2 rings (SSSR count). The van der Waals surface area contributed by atoms with Gasteiger partial charge < -0.3 is 15.5 Å². The maximum Gasteiger partial charge on any atom is 0.328 e. The van der Waals surface area contributed by atoms with Crippen LogP contribution in [0.4, 0.5) is 0 Å². The predicted octanol–water partition coefficient (Wildman–Crippen LogP) is 0.0922. The number of carbonyl (C=O) groups excluding carboxylic acids is 3. The zero-order valence-electron chi connectivity index (χ0n) is 16.9. The van der Waals surface area contributed by atoms with Gasteiger partial charge in [-0.3, -0.25) is 24.2 Å². The molecule has 1 heterocycles. The summed E-state index contributed by atoms with van der Waals surface area (Å²) in [6.07, 6.45) is 1.24. The fraction of sp³-hybridized carbons (Fsp3) is 0.350. The molecule has 1 fully saturated rings. The number of hydrogen-bond acceptors (Lipinski definition) is 6. The molecule has 3 N–H and O–H groups in total. The molecular formula is C20H25N3O7. The van der Waals surface area contributed by atoms with Gasteiger partial charge >= 0.3 is 11.9 Å². The van der Waals surface area contributed by atoms with Gasteiger partial charge in [-0.05, 0) is 26.6 Å². The zero-order chi connectivity index (χ0) is 22.8. The number of likely N-dealkylation sites (N-methyl/N-ethyl adjacent to an activating group) is 1. The van der Waals surface area contributed by atoms with Crippen LogP contribution in [-0.2, 0) is 30.5 Å². The molecule has 0 spiro atoms. The first-order valence-electron chi connectivity index (χ1n) is 9.02. The molecule has 0 aromatic heterocycles. The molecule has 0 radical (unpaired) electrons. The minimum absolute atomic E-state index is 0.127. The number of nitrogens with one attached hydrogen (secondary N) is 1. The Hall–Kier alpha value is -3.53. The lowest BCUT2D eigenvalue weighted by atomic mass is 10.2. The first-order chi connectivity index (χ1) is 14.0. The van der Waals surface area contributed by atoms with E-state index < -0.39 is 24.0 Å². The summed E-state index contributed by atoms with van der Waals surface area (Å²) in [5.74, 6) is -3.45. The van der Waals surface area contributed by atoms with Crippen molar-refractivity contribution in [2.45, 2.75) is 32.0 Å². The number of nitrogens with zero attached hydrogens (tertiary/aromatic N) is 2. The van der Waals surface area contributed by atoms with Crippen LogP contribution in [0.5, 0.6) is 0 Å². The highest BCUT2D eigenvalue weighted by atomic mass is 16.4. The standard InChI is InChI=1S/C16H21N3O3.C4H4O4/c1-11(15(21)17-10-12-7-5-4-6-8-12)19-14(20)9-13(16(19)22)18(2)3;5-3(6)1-2-4(7)8/h4-8,11,13H,9-10H2,1-3H3,(H,17,21);1-2H,(H,5,6)(H,7,8)/b;2-1+/t11-,13?;/m1./s1. The van der Waals surface area contributed by atoms with Crippen LogP contribution in [0.3, 0.4) is 0 Å². The maximum absolute atomic E-state index is 12.3. The summed E-state index contributed by atoms with van der Waals surface area (Å²) in [7, 11) is 3.50. The topological polar surface area (TPSA) is 144 Å². The molecule has 3 amide bonds. The van der Waals surface area contributed by atoms with Gasteiger partial charge in [-0.1, -0.05) is 30.3 Å². The third-order valence-corrected chi connectivity index (χ3v) is 4.23. The molecule has 0 aliphatic carbocycles. The number of aliphatic carboxylic acids is 2. The molecule has 1 aromatic carbocycles. The highest BCUT2D eigenvalue weighted by Crippen LogP contribution is 2.19. The van der Waals surface area contributed by atoms with Crippen LogP contribution in [0.2, 0.25) is 0 Å². The van der Waals surface area contributed by atoms with Crippen molar-refractivity contribution in [2.75, 3.05) is 14.1 Å². The number of amides is 3. The molecule has 1 aromatic rings. The Morgan fingerprint density at radius 3 is 2.10 bits per heavy atom. The Labute approximate surface area is 173 Å². The van der Waals surface area contributed by atoms with Crippen molar-refractivity contribution in [3.8, 4) is 0 Å². The van der Waals surface area contributed by atoms with Crippen LogP contribution in [-0.4, -0.2) is 75.9 Å². The molecule has 1 unspecified atom stereocenters. The van der Waals surface area contributed by atoms with E-state index in [1.807, 2.05) is 30.3 Å². The number of imide groups is 1. The molecule has 2 atom stereocenters. The normalized spacial score (nSPS) is 16.9. The summed E-state index contributed by atoms with van der Waals surface area (Å²) in [5, 5.41) is 18.4. The molecule has 10 heteroatoms. The molecule has 0 bridgehead atoms. The first-order valence-corrected chi connectivity index (χ1v) is 9.02. The van der Waals surface area contributed by atoms with E-state index in [0.717, 1.165) is 10.5 Å². The Morgan fingerprint density at radius 1 is 1.13 bits per heavy atom. The Bertz CT molecular complexity index is 805. The average Bonchev–Trinajstić information content (AvgIpc) is 2.99. The van der Waals surface area contributed by atoms with Gasteiger partial charge in [0.2, 0.25) is 17.7 Å². The minimum atomic E-state index is -1.26. The fourth-order valence-electron chi connectivity index (χ4n) is 2.64. The third kappa shape index (κ3) is 7.47. The maximum atomic E-state index is 12.3. The summed E-state index contributed by atoms with van der Waals surface area (Å²) < 4.78 is 0. The smallest absolute Gasteiger partial charge is 0.328 e. The monoisotopic (exact) mass is 419 g/mol. The van der Waals surface area contributed by atoms with Gasteiger partial charge in [0.25, 0.3) is 0 Å². The summed E-state index contributed by atoms with van der Waals surface area (Å²) in [6.45, 7) is 1.95. The van der Waals surface area contributed by atoms with Crippen molar-refractivity contribution in [3.05, 3.63) is 48.0 Å². The number of carboxylic acids is 2. The lowest BCUT2D eigenvalue weighted by Gasteiger charge is -2.23. The Kier molecular flexibility index (Phi) is 9.37. The predicted molar refractivity (Wildman–Crippen MR) is 106 cm³/mol. The summed E-state index contributed by atoms with van der Waals surface area (Å²) >= 11 is 0. The van der Waals surface area contributed by atoms with E-state index >= 15 is 0 Å². The van der Waals surface area contributed by atoms with E-state index in [-0.39, 0.29) is 24.1 Å². The van der Waals surface area contributed by atoms with Crippen molar-refractivity contribution >= 4 is 29.7 Å². The average molecular weight is 419 g/mol. The van der Waals surface area contributed by atoms with Gasteiger partial charge in [-0.15, -0.1) is 0 Å². The molecule has 1 aliphatic heterocycles. The minimum Gasteiger partial charge on any atom is -0.478 e. The first kappa shape index (κ1) is 24.5. The van der Waals surface area contributed by atoms with Gasteiger partial charge in [0, 0.05) is 18.7 Å². The quantitative estimate of drug-likeness (QED) is 0.417. The Morgan fingerprint density at radius 2 is 1.67 bits per heavy atom. The zero-order valence-corrected chi connectivity index (χ0v) is 16.9. The van der Waals surface area contributed by atoms with Crippen molar-refractivity contribution in [1.29, 1.82) is 0 Å². The van der Waals surface area contributed by atoms with E-state index in [0.29, 0.717) is 18.7 Å². The van der Waals surface area contributed by atoms with Crippen molar-refractivity contribution in [3.63, 3.8) is 0 Å².